The van der Waals surface area contributed by atoms with Crippen molar-refractivity contribution in [1.82, 2.24) is 9.21 Å². The first-order valence-electron chi connectivity index (χ1n) is 7.33. The number of carbonyl (C=O) groups excluding carboxylic acids is 1. The molecule has 0 aromatic carbocycles. The first kappa shape index (κ1) is 17.4. The van der Waals surface area contributed by atoms with Crippen LogP contribution in [0.3, 0.4) is 0 Å². The van der Waals surface area contributed by atoms with Gasteiger partial charge in [0, 0.05) is 26.2 Å². The maximum atomic E-state index is 12.1. The standard InChI is InChI=1S/C13H27N3O3S/c1-4-6-12(14)13(17)16-9-7-11(8-10-16)15(3)20(18,19)5-2/h11-12H,4-10,14H2,1-3H3. The molecule has 1 rings (SSSR count). The molecule has 118 valence electrons. The Hall–Kier alpha value is -0.660. The molecule has 0 aromatic rings. The van der Waals surface area contributed by atoms with Gasteiger partial charge in [0.05, 0.1) is 11.8 Å². The molecule has 6 nitrogen and oxygen atoms in total. The number of rotatable bonds is 6. The molecule has 0 saturated carbocycles. The summed E-state index contributed by atoms with van der Waals surface area (Å²) in [7, 11) is -1.53. The minimum atomic E-state index is -3.16. The van der Waals surface area contributed by atoms with E-state index in [1.54, 1.807) is 18.9 Å². The minimum absolute atomic E-state index is 0.00796. The highest BCUT2D eigenvalue weighted by molar-refractivity contribution is 7.89. The van der Waals surface area contributed by atoms with Crippen LogP contribution in [-0.2, 0) is 14.8 Å². The number of sulfonamides is 1. The van der Waals surface area contributed by atoms with Crippen molar-refractivity contribution in [3.05, 3.63) is 0 Å². The van der Waals surface area contributed by atoms with Crippen LogP contribution in [0.25, 0.3) is 0 Å². The van der Waals surface area contributed by atoms with Gasteiger partial charge in [0.25, 0.3) is 0 Å². The number of nitrogens with zero attached hydrogens (tertiary/aromatic N) is 2. The van der Waals surface area contributed by atoms with Gasteiger partial charge in [0.2, 0.25) is 15.9 Å². The Kier molecular flexibility index (Phi) is 6.42. The third-order valence-electron chi connectivity index (χ3n) is 4.01. The molecule has 20 heavy (non-hydrogen) atoms. The van der Waals surface area contributed by atoms with Crippen LogP contribution in [0.1, 0.15) is 39.5 Å². The third kappa shape index (κ3) is 4.17. The summed E-state index contributed by atoms with van der Waals surface area (Å²) in [5.41, 5.74) is 5.85. The van der Waals surface area contributed by atoms with E-state index in [9.17, 15) is 13.2 Å². The molecule has 0 radical (unpaired) electrons. The molecule has 1 amide bonds. The fourth-order valence-electron chi connectivity index (χ4n) is 2.55. The van der Waals surface area contributed by atoms with Gasteiger partial charge in [-0.1, -0.05) is 13.3 Å². The van der Waals surface area contributed by atoms with E-state index in [4.69, 9.17) is 5.73 Å². The Labute approximate surface area is 122 Å². The summed E-state index contributed by atoms with van der Waals surface area (Å²) in [6, 6.07) is -0.431. The SMILES string of the molecule is CCCC(N)C(=O)N1CCC(N(C)S(=O)(=O)CC)CC1. The second-order valence-corrected chi connectivity index (χ2v) is 7.69. The topological polar surface area (TPSA) is 83.7 Å². The van der Waals surface area contributed by atoms with E-state index in [1.807, 2.05) is 6.92 Å². The zero-order chi connectivity index (χ0) is 15.3. The Morgan fingerprint density at radius 1 is 1.35 bits per heavy atom. The van der Waals surface area contributed by atoms with Crippen LogP contribution < -0.4 is 5.73 Å². The molecule has 1 aliphatic heterocycles. The van der Waals surface area contributed by atoms with E-state index < -0.39 is 16.1 Å². The maximum Gasteiger partial charge on any atom is 0.239 e. The third-order valence-corrected chi connectivity index (χ3v) is 5.92. The van der Waals surface area contributed by atoms with E-state index >= 15 is 0 Å². The average molecular weight is 305 g/mol. The molecule has 2 N–H and O–H groups in total. The Morgan fingerprint density at radius 2 is 1.90 bits per heavy atom. The molecular formula is C13H27N3O3S. The average Bonchev–Trinajstić information content (AvgIpc) is 2.46. The lowest BCUT2D eigenvalue weighted by molar-refractivity contribution is -0.134. The number of piperidine rings is 1. The zero-order valence-electron chi connectivity index (χ0n) is 12.7. The van der Waals surface area contributed by atoms with Crippen molar-refractivity contribution in [1.29, 1.82) is 0 Å². The molecule has 1 aliphatic rings. The summed E-state index contributed by atoms with van der Waals surface area (Å²) in [6.07, 6.45) is 2.95. The summed E-state index contributed by atoms with van der Waals surface area (Å²) < 4.78 is 25.1. The van der Waals surface area contributed by atoms with Gasteiger partial charge < -0.3 is 10.6 Å². The first-order chi connectivity index (χ1) is 9.33. The molecule has 7 heteroatoms. The van der Waals surface area contributed by atoms with E-state index in [1.165, 1.54) is 4.31 Å². The predicted molar refractivity (Wildman–Crippen MR) is 79.7 cm³/mol. The molecule has 1 unspecified atom stereocenters. The molecular weight excluding hydrogens is 278 g/mol. The van der Waals surface area contributed by atoms with Gasteiger partial charge in [-0.2, -0.15) is 0 Å². The number of carbonyl (C=O) groups is 1. The van der Waals surface area contributed by atoms with Crippen LogP contribution in [0.4, 0.5) is 0 Å². The van der Waals surface area contributed by atoms with Crippen molar-refractivity contribution in [2.45, 2.75) is 51.6 Å². The van der Waals surface area contributed by atoms with Crippen molar-refractivity contribution in [3.8, 4) is 0 Å². The number of nitrogens with two attached hydrogens (primary N) is 1. The second-order valence-electron chi connectivity index (χ2n) is 5.37. The van der Waals surface area contributed by atoms with Crippen molar-refractivity contribution in [2.24, 2.45) is 5.73 Å². The van der Waals surface area contributed by atoms with Crippen LogP contribution in [0.5, 0.6) is 0 Å². The smallest absolute Gasteiger partial charge is 0.239 e. The van der Waals surface area contributed by atoms with E-state index in [0.29, 0.717) is 32.4 Å². The van der Waals surface area contributed by atoms with Crippen molar-refractivity contribution in [2.75, 3.05) is 25.9 Å². The molecule has 1 saturated heterocycles. The van der Waals surface area contributed by atoms with Gasteiger partial charge in [-0.25, -0.2) is 12.7 Å². The molecule has 0 bridgehead atoms. The summed E-state index contributed by atoms with van der Waals surface area (Å²) in [6.45, 7) is 4.83. The van der Waals surface area contributed by atoms with E-state index in [-0.39, 0.29) is 17.7 Å². The van der Waals surface area contributed by atoms with Gasteiger partial charge in [-0.05, 0) is 26.2 Å². The van der Waals surface area contributed by atoms with Gasteiger partial charge in [0.1, 0.15) is 0 Å². The number of amides is 1. The van der Waals surface area contributed by atoms with Crippen molar-refractivity contribution >= 4 is 15.9 Å². The first-order valence-corrected chi connectivity index (χ1v) is 8.94. The Balaban J connectivity index is 2.54. The van der Waals surface area contributed by atoms with Gasteiger partial charge >= 0.3 is 0 Å². The van der Waals surface area contributed by atoms with Gasteiger partial charge in [-0.3, -0.25) is 4.79 Å². The second kappa shape index (κ2) is 7.38. The zero-order valence-corrected chi connectivity index (χ0v) is 13.5. The van der Waals surface area contributed by atoms with Crippen LogP contribution in [0, 0.1) is 0 Å². The normalized spacial score (nSPS) is 19.4. The lowest BCUT2D eigenvalue weighted by Gasteiger charge is -2.37. The summed E-state index contributed by atoms with van der Waals surface area (Å²) >= 11 is 0. The molecule has 0 aromatic heterocycles. The fourth-order valence-corrected chi connectivity index (χ4v) is 3.62. The summed E-state index contributed by atoms with van der Waals surface area (Å²) in [4.78, 5) is 13.9. The van der Waals surface area contributed by atoms with Gasteiger partial charge in [0.15, 0.2) is 0 Å². The highest BCUT2D eigenvalue weighted by Crippen LogP contribution is 2.19. The molecule has 1 atom stereocenters. The predicted octanol–water partition coefficient (Wildman–Crippen LogP) is 0.386. The van der Waals surface area contributed by atoms with E-state index in [0.717, 1.165) is 6.42 Å². The van der Waals surface area contributed by atoms with Crippen LogP contribution in [0.15, 0.2) is 0 Å². The summed E-state index contributed by atoms with van der Waals surface area (Å²) in [5.74, 6) is 0.107. The Morgan fingerprint density at radius 3 is 2.35 bits per heavy atom. The highest BCUT2D eigenvalue weighted by Gasteiger charge is 2.31. The maximum absolute atomic E-state index is 12.1. The molecule has 1 heterocycles. The summed E-state index contributed by atoms with van der Waals surface area (Å²) in [5, 5.41) is 0. The number of likely N-dealkylation sites (tertiary alicyclic amines) is 1. The molecule has 0 spiro atoms. The van der Waals surface area contributed by atoms with Crippen LogP contribution >= 0.6 is 0 Å². The number of hydrogen-bond donors (Lipinski definition) is 1. The molecule has 0 aliphatic carbocycles. The quantitative estimate of drug-likeness (QED) is 0.769. The van der Waals surface area contributed by atoms with Crippen LogP contribution in [-0.4, -0.2) is 61.5 Å². The van der Waals surface area contributed by atoms with Crippen molar-refractivity contribution in [3.63, 3.8) is 0 Å². The lowest BCUT2D eigenvalue weighted by Crippen LogP contribution is -2.51. The minimum Gasteiger partial charge on any atom is -0.341 e. The Bertz CT molecular complexity index is 417. The van der Waals surface area contributed by atoms with E-state index in [2.05, 4.69) is 0 Å². The fraction of sp³-hybridized carbons (Fsp3) is 0.923. The molecule has 1 fully saturated rings. The monoisotopic (exact) mass is 305 g/mol. The van der Waals surface area contributed by atoms with Crippen molar-refractivity contribution < 1.29 is 13.2 Å². The lowest BCUT2D eigenvalue weighted by atomic mass is 10.0. The number of hydrogen-bond acceptors (Lipinski definition) is 4. The largest absolute Gasteiger partial charge is 0.341 e. The highest BCUT2D eigenvalue weighted by atomic mass is 32.2. The van der Waals surface area contributed by atoms with Crippen LogP contribution in [0.2, 0.25) is 0 Å². The van der Waals surface area contributed by atoms with Gasteiger partial charge in [-0.15, -0.1) is 0 Å².